The Morgan fingerprint density at radius 2 is 1.02 bits per heavy atom. The van der Waals surface area contributed by atoms with Crippen molar-refractivity contribution >= 4 is 19.8 Å². The molecule has 10 nitrogen and oxygen atoms in total. The Kier molecular flexibility index (Phi) is 37.2. The van der Waals surface area contributed by atoms with Gasteiger partial charge < -0.3 is 24.6 Å². The Labute approximate surface area is 327 Å². The monoisotopic (exact) mass is 783 g/mol. The van der Waals surface area contributed by atoms with Crippen LogP contribution in [0.25, 0.3) is 0 Å². The molecule has 3 atom stereocenters. The van der Waals surface area contributed by atoms with Crippen LogP contribution >= 0.6 is 7.82 Å². The fraction of sp³-hybridized carbons (Fsp3) is 0.721. The number of hydrogen-bond acceptors (Lipinski definition) is 9. The van der Waals surface area contributed by atoms with E-state index in [-0.39, 0.29) is 19.4 Å². The van der Waals surface area contributed by atoms with Gasteiger partial charge in [0.05, 0.1) is 19.8 Å². The molecule has 312 valence electrons. The number of phosphoric ester groups is 1. The van der Waals surface area contributed by atoms with Gasteiger partial charge in [-0.3, -0.25) is 18.6 Å². The Hall–Kier alpha value is -2.33. The van der Waals surface area contributed by atoms with Gasteiger partial charge in [-0.15, -0.1) is 0 Å². The van der Waals surface area contributed by atoms with Gasteiger partial charge in [-0.25, -0.2) is 4.57 Å². The van der Waals surface area contributed by atoms with Crippen LogP contribution in [0.5, 0.6) is 0 Å². The van der Waals surface area contributed by atoms with Crippen molar-refractivity contribution in [3.05, 3.63) is 60.8 Å². The van der Waals surface area contributed by atoms with E-state index < -0.39 is 51.8 Å². The summed E-state index contributed by atoms with van der Waals surface area (Å²) in [6.45, 7) is 2.19. The number of unbranched alkanes of at least 4 members (excludes halogenated alkanes) is 14. The lowest BCUT2D eigenvalue weighted by atomic mass is 10.1. The van der Waals surface area contributed by atoms with Crippen LogP contribution in [0.3, 0.4) is 0 Å². The van der Waals surface area contributed by atoms with Crippen LogP contribution in [0.15, 0.2) is 60.8 Å². The van der Waals surface area contributed by atoms with Crippen LogP contribution in [0.4, 0.5) is 0 Å². The molecule has 0 amide bonds. The molecule has 0 aliphatic carbocycles. The minimum Gasteiger partial charge on any atom is -0.462 e. The van der Waals surface area contributed by atoms with Crippen molar-refractivity contribution in [3.8, 4) is 0 Å². The van der Waals surface area contributed by atoms with E-state index in [1.807, 2.05) is 0 Å². The van der Waals surface area contributed by atoms with E-state index >= 15 is 0 Å². The second kappa shape index (κ2) is 38.9. The lowest BCUT2D eigenvalue weighted by molar-refractivity contribution is -0.161. The van der Waals surface area contributed by atoms with E-state index in [9.17, 15) is 24.2 Å². The smallest absolute Gasteiger partial charge is 0.462 e. The van der Waals surface area contributed by atoms with E-state index in [0.29, 0.717) is 12.8 Å². The van der Waals surface area contributed by atoms with Crippen molar-refractivity contribution < 1.29 is 47.8 Å². The van der Waals surface area contributed by atoms with Gasteiger partial charge in [-0.1, -0.05) is 132 Å². The summed E-state index contributed by atoms with van der Waals surface area (Å²) in [7, 11) is -4.63. The first-order valence-electron chi connectivity index (χ1n) is 20.7. The summed E-state index contributed by atoms with van der Waals surface area (Å²) in [5.41, 5.74) is 0. The van der Waals surface area contributed by atoms with E-state index in [4.69, 9.17) is 19.1 Å². The molecule has 0 bridgehead atoms. The van der Waals surface area contributed by atoms with Crippen molar-refractivity contribution in [2.75, 3.05) is 26.4 Å². The fourth-order valence-corrected chi connectivity index (χ4v) is 6.00. The maximum atomic E-state index is 12.6. The second-order valence-electron chi connectivity index (χ2n) is 13.6. The molecule has 0 aromatic rings. The van der Waals surface area contributed by atoms with Crippen molar-refractivity contribution in [3.63, 3.8) is 0 Å². The highest BCUT2D eigenvalue weighted by molar-refractivity contribution is 7.47. The predicted molar refractivity (Wildman–Crippen MR) is 219 cm³/mol. The Morgan fingerprint density at radius 3 is 1.59 bits per heavy atom. The largest absolute Gasteiger partial charge is 0.472 e. The van der Waals surface area contributed by atoms with E-state index in [1.54, 1.807) is 0 Å². The molecule has 0 aromatic carbocycles. The average molecular weight is 783 g/mol. The van der Waals surface area contributed by atoms with Crippen molar-refractivity contribution in [2.45, 2.75) is 174 Å². The molecule has 0 aromatic heterocycles. The summed E-state index contributed by atoms with van der Waals surface area (Å²) < 4.78 is 32.6. The zero-order valence-electron chi connectivity index (χ0n) is 33.7. The van der Waals surface area contributed by atoms with Gasteiger partial charge in [0.2, 0.25) is 0 Å². The van der Waals surface area contributed by atoms with Gasteiger partial charge in [-0.05, 0) is 77.0 Å². The van der Waals surface area contributed by atoms with Gasteiger partial charge in [0.25, 0.3) is 0 Å². The number of aliphatic hydroxyl groups excluding tert-OH is 2. The summed E-state index contributed by atoms with van der Waals surface area (Å²) in [6, 6.07) is 0. The summed E-state index contributed by atoms with van der Waals surface area (Å²) in [6.07, 6.45) is 41.9. The highest BCUT2D eigenvalue weighted by atomic mass is 31.2. The number of allylic oxidation sites excluding steroid dienone is 10. The van der Waals surface area contributed by atoms with Crippen LogP contribution < -0.4 is 0 Å². The second-order valence-corrected chi connectivity index (χ2v) is 15.1. The van der Waals surface area contributed by atoms with E-state index in [0.717, 1.165) is 77.0 Å². The third-order valence-electron chi connectivity index (χ3n) is 8.41. The third kappa shape index (κ3) is 38.0. The molecule has 0 saturated carbocycles. The Balaban J connectivity index is 4.41. The van der Waals surface area contributed by atoms with Gasteiger partial charge in [0.15, 0.2) is 6.10 Å². The standard InChI is InChI=1S/C43H75O10P/c1-3-5-7-9-11-13-15-17-19-21-23-25-27-29-31-33-35-43(47)53-41(39-52-54(48,49)51-37-40(45)36-44)38-50-42(46)34-32-30-28-26-24-22-20-18-16-14-12-10-8-6-4-2/h6,8,12,14,18-21,24,26,40-41,44-45H,3-5,7,9-11,13,15-17,22-23,25,27-39H2,1-2H3,(H,48,49)/b8-6-,14-12-,20-18-,21-19-,26-24-/t40-,41+/m0/s1. The first-order valence-corrected chi connectivity index (χ1v) is 22.2. The number of rotatable bonds is 38. The number of ether oxygens (including phenoxy) is 2. The molecule has 0 aliphatic heterocycles. The maximum Gasteiger partial charge on any atom is 0.472 e. The van der Waals surface area contributed by atoms with E-state index in [2.05, 4.69) is 79.1 Å². The first-order chi connectivity index (χ1) is 26.2. The van der Waals surface area contributed by atoms with Crippen molar-refractivity contribution in [1.29, 1.82) is 0 Å². The molecule has 0 fully saturated rings. The molecule has 0 radical (unpaired) electrons. The van der Waals surface area contributed by atoms with Crippen LogP contribution in [0.2, 0.25) is 0 Å². The van der Waals surface area contributed by atoms with Crippen molar-refractivity contribution in [1.82, 2.24) is 0 Å². The van der Waals surface area contributed by atoms with Gasteiger partial charge in [0.1, 0.15) is 12.7 Å². The molecule has 54 heavy (non-hydrogen) atoms. The molecule has 0 heterocycles. The molecular formula is C43H75O10P. The molecule has 0 aliphatic rings. The highest BCUT2D eigenvalue weighted by Gasteiger charge is 2.27. The molecule has 1 unspecified atom stereocenters. The first kappa shape index (κ1) is 51.7. The summed E-state index contributed by atoms with van der Waals surface area (Å²) in [5.74, 6) is -0.987. The van der Waals surface area contributed by atoms with Crippen LogP contribution in [0, 0.1) is 0 Å². The van der Waals surface area contributed by atoms with E-state index in [1.165, 1.54) is 44.9 Å². The van der Waals surface area contributed by atoms with Gasteiger partial charge >= 0.3 is 19.8 Å². The SMILES string of the molecule is CC/C=C\C/C=C\C/C=C\C/C=C\CCCCC(=O)OC[C@H](COP(=O)(O)OC[C@@H](O)CO)OC(=O)CCCCCCC/C=C\CCCCCCCCC. The molecule has 0 rings (SSSR count). The van der Waals surface area contributed by atoms with Gasteiger partial charge in [-0.2, -0.15) is 0 Å². The summed E-state index contributed by atoms with van der Waals surface area (Å²) in [5, 5.41) is 18.3. The number of phosphoric acid groups is 1. The minimum atomic E-state index is -4.63. The summed E-state index contributed by atoms with van der Waals surface area (Å²) in [4.78, 5) is 34.9. The quantitative estimate of drug-likeness (QED) is 0.0239. The van der Waals surface area contributed by atoms with Crippen LogP contribution in [-0.4, -0.2) is 65.7 Å². The fourth-order valence-electron chi connectivity index (χ4n) is 5.21. The molecule has 3 N–H and O–H groups in total. The van der Waals surface area contributed by atoms with Crippen LogP contribution in [0.1, 0.15) is 162 Å². The lowest BCUT2D eigenvalue weighted by Crippen LogP contribution is -2.29. The summed E-state index contributed by atoms with van der Waals surface area (Å²) >= 11 is 0. The van der Waals surface area contributed by atoms with Gasteiger partial charge in [0, 0.05) is 12.8 Å². The number of carbonyl (C=O) groups excluding carboxylic acids is 2. The zero-order valence-corrected chi connectivity index (χ0v) is 34.6. The zero-order chi connectivity index (χ0) is 39.8. The average Bonchev–Trinajstić information content (AvgIpc) is 3.16. The predicted octanol–water partition coefficient (Wildman–Crippen LogP) is 10.7. The number of esters is 2. The highest BCUT2D eigenvalue weighted by Crippen LogP contribution is 2.43. The molecular weight excluding hydrogens is 707 g/mol. The lowest BCUT2D eigenvalue weighted by Gasteiger charge is -2.20. The minimum absolute atomic E-state index is 0.163. The number of carbonyl (C=O) groups is 2. The molecule has 0 saturated heterocycles. The Morgan fingerprint density at radius 1 is 0.574 bits per heavy atom. The molecule has 0 spiro atoms. The van der Waals surface area contributed by atoms with Crippen LogP contribution in [-0.2, 0) is 32.7 Å². The number of hydrogen-bond donors (Lipinski definition) is 3. The maximum absolute atomic E-state index is 12.6. The number of aliphatic hydroxyl groups is 2. The normalized spacial score (nSPS) is 14.5. The topological polar surface area (TPSA) is 149 Å². The molecule has 11 heteroatoms. The van der Waals surface area contributed by atoms with Crippen molar-refractivity contribution in [2.24, 2.45) is 0 Å². The Bertz CT molecular complexity index is 1080. The third-order valence-corrected chi connectivity index (χ3v) is 9.36.